The molecule has 0 aliphatic carbocycles. The van der Waals surface area contributed by atoms with Crippen molar-refractivity contribution < 1.29 is 14.8 Å². The Balaban J connectivity index is 1.76. The molecular weight excluding hydrogens is 348 g/mol. The number of fused-ring (bicyclic) bond motifs is 1. The molecule has 1 heterocycles. The van der Waals surface area contributed by atoms with Gasteiger partial charge in [0.25, 0.3) is 11.6 Å². The Labute approximate surface area is 155 Å². The van der Waals surface area contributed by atoms with Crippen molar-refractivity contribution in [2.45, 2.75) is 32.4 Å². The highest BCUT2D eigenvalue weighted by atomic mass is 16.6. The van der Waals surface area contributed by atoms with Crippen LogP contribution in [0.3, 0.4) is 0 Å². The van der Waals surface area contributed by atoms with E-state index in [0.717, 1.165) is 10.9 Å². The van der Waals surface area contributed by atoms with E-state index < -0.39 is 16.4 Å². The summed E-state index contributed by atoms with van der Waals surface area (Å²) in [4.78, 5) is 22.7. The molecule has 0 bridgehead atoms. The first-order valence-electron chi connectivity index (χ1n) is 8.47. The van der Waals surface area contributed by atoms with Gasteiger partial charge in [-0.1, -0.05) is 6.07 Å². The Bertz CT molecular complexity index is 1000. The maximum absolute atomic E-state index is 12.4. The van der Waals surface area contributed by atoms with Crippen LogP contribution in [0.15, 0.2) is 48.7 Å². The second-order valence-electron chi connectivity index (χ2n) is 6.99. The molecule has 1 amide bonds. The van der Waals surface area contributed by atoms with Gasteiger partial charge in [-0.25, -0.2) is 0 Å². The van der Waals surface area contributed by atoms with E-state index in [1.54, 1.807) is 36.7 Å². The number of carbonyl (C=O) groups excluding carboxylic acids is 1. The van der Waals surface area contributed by atoms with E-state index in [1.807, 2.05) is 6.20 Å². The van der Waals surface area contributed by atoms with Gasteiger partial charge in [-0.3, -0.25) is 19.6 Å². The summed E-state index contributed by atoms with van der Waals surface area (Å²) in [6.07, 6.45) is 2.42. The first-order valence-corrected chi connectivity index (χ1v) is 8.47. The van der Waals surface area contributed by atoms with Crippen LogP contribution in [0.2, 0.25) is 0 Å². The summed E-state index contributed by atoms with van der Waals surface area (Å²) in [6, 6.07) is 10.9. The first-order chi connectivity index (χ1) is 12.7. The SMILES string of the molecule is CC(C)(O)CCn1cc2cc(NC(=O)c3cccc([N+](=O)[O-])c3)ccc2n1. The summed E-state index contributed by atoms with van der Waals surface area (Å²) in [7, 11) is 0. The van der Waals surface area contributed by atoms with Crippen LogP contribution in [-0.4, -0.2) is 31.3 Å². The molecule has 0 saturated carbocycles. The van der Waals surface area contributed by atoms with Gasteiger partial charge in [0, 0.05) is 41.5 Å². The zero-order valence-corrected chi connectivity index (χ0v) is 15.0. The van der Waals surface area contributed by atoms with Gasteiger partial charge in [-0.2, -0.15) is 5.10 Å². The number of benzene rings is 2. The smallest absolute Gasteiger partial charge is 0.270 e. The quantitative estimate of drug-likeness (QED) is 0.512. The number of non-ortho nitro benzene ring substituents is 1. The Morgan fingerprint density at radius 3 is 2.78 bits per heavy atom. The van der Waals surface area contributed by atoms with Crippen LogP contribution in [0.1, 0.15) is 30.6 Å². The van der Waals surface area contributed by atoms with Gasteiger partial charge in [0.15, 0.2) is 0 Å². The number of nitro groups is 1. The number of aromatic nitrogens is 2. The molecule has 140 valence electrons. The van der Waals surface area contributed by atoms with Crippen LogP contribution in [0, 0.1) is 10.1 Å². The topological polar surface area (TPSA) is 110 Å². The molecule has 1 aromatic heterocycles. The standard InChI is InChI=1S/C19H20N4O4/c1-19(2,25)8-9-22-12-14-10-15(6-7-17(14)21-22)20-18(24)13-4-3-5-16(11-13)23(26)27/h3-7,10-12,25H,8-9H2,1-2H3,(H,20,24). The molecule has 0 radical (unpaired) electrons. The highest BCUT2D eigenvalue weighted by molar-refractivity contribution is 6.05. The van der Waals surface area contributed by atoms with Gasteiger partial charge in [-0.15, -0.1) is 0 Å². The fourth-order valence-electron chi connectivity index (χ4n) is 2.62. The van der Waals surface area contributed by atoms with Crippen LogP contribution < -0.4 is 5.32 Å². The Kier molecular flexibility index (Phi) is 4.91. The largest absolute Gasteiger partial charge is 0.390 e. The second-order valence-corrected chi connectivity index (χ2v) is 6.99. The van der Waals surface area contributed by atoms with E-state index in [4.69, 9.17) is 0 Å². The predicted octanol–water partition coefficient (Wildman–Crippen LogP) is 3.36. The van der Waals surface area contributed by atoms with Gasteiger partial charge in [0.2, 0.25) is 0 Å². The number of rotatable bonds is 6. The van der Waals surface area contributed by atoms with Crippen molar-refractivity contribution in [3.05, 3.63) is 64.3 Å². The lowest BCUT2D eigenvalue weighted by Crippen LogP contribution is -2.21. The number of nitrogens with zero attached hydrogens (tertiary/aromatic N) is 3. The molecule has 8 nitrogen and oxygen atoms in total. The zero-order chi connectivity index (χ0) is 19.6. The molecule has 2 N–H and O–H groups in total. The minimum absolute atomic E-state index is 0.133. The zero-order valence-electron chi connectivity index (χ0n) is 15.0. The van der Waals surface area contributed by atoms with Crippen LogP contribution in [0.5, 0.6) is 0 Å². The number of aliphatic hydroxyl groups is 1. The van der Waals surface area contributed by atoms with Gasteiger partial charge in [-0.05, 0) is 44.5 Å². The summed E-state index contributed by atoms with van der Waals surface area (Å²) >= 11 is 0. The van der Waals surface area contributed by atoms with Crippen molar-refractivity contribution in [3.8, 4) is 0 Å². The second kappa shape index (κ2) is 7.16. The normalized spacial score (nSPS) is 11.5. The summed E-state index contributed by atoms with van der Waals surface area (Å²) in [5.41, 5.74) is 0.659. The van der Waals surface area contributed by atoms with Crippen molar-refractivity contribution in [2.24, 2.45) is 0 Å². The third kappa shape index (κ3) is 4.68. The van der Waals surface area contributed by atoms with E-state index in [0.29, 0.717) is 18.7 Å². The fourth-order valence-corrected chi connectivity index (χ4v) is 2.62. The minimum Gasteiger partial charge on any atom is -0.390 e. The first kappa shape index (κ1) is 18.5. The van der Waals surface area contributed by atoms with Crippen molar-refractivity contribution in [2.75, 3.05) is 5.32 Å². The van der Waals surface area contributed by atoms with Crippen LogP contribution in [-0.2, 0) is 6.54 Å². The average Bonchev–Trinajstić information content (AvgIpc) is 3.02. The van der Waals surface area contributed by atoms with Crippen LogP contribution >= 0.6 is 0 Å². The molecule has 3 rings (SSSR count). The molecule has 0 spiro atoms. The highest BCUT2D eigenvalue weighted by Gasteiger charge is 2.14. The molecule has 8 heteroatoms. The molecule has 2 aromatic carbocycles. The lowest BCUT2D eigenvalue weighted by atomic mass is 10.1. The third-order valence-electron chi connectivity index (χ3n) is 4.08. The lowest BCUT2D eigenvalue weighted by molar-refractivity contribution is -0.384. The molecule has 0 fully saturated rings. The third-order valence-corrected chi connectivity index (χ3v) is 4.08. The Morgan fingerprint density at radius 2 is 2.07 bits per heavy atom. The van der Waals surface area contributed by atoms with E-state index in [9.17, 15) is 20.0 Å². The van der Waals surface area contributed by atoms with Crippen LogP contribution in [0.25, 0.3) is 10.9 Å². The van der Waals surface area contributed by atoms with Gasteiger partial charge < -0.3 is 10.4 Å². The molecule has 0 unspecified atom stereocenters. The van der Waals surface area contributed by atoms with Gasteiger partial charge in [0.05, 0.1) is 16.0 Å². The van der Waals surface area contributed by atoms with E-state index in [1.165, 1.54) is 24.3 Å². The van der Waals surface area contributed by atoms with Crippen molar-refractivity contribution in [1.82, 2.24) is 9.78 Å². The molecule has 0 aliphatic rings. The Morgan fingerprint density at radius 1 is 1.30 bits per heavy atom. The van der Waals surface area contributed by atoms with Crippen molar-refractivity contribution in [3.63, 3.8) is 0 Å². The number of nitro benzene ring substituents is 1. The van der Waals surface area contributed by atoms with E-state index >= 15 is 0 Å². The summed E-state index contributed by atoms with van der Waals surface area (Å²) in [5.74, 6) is -0.424. The molecular formula is C19H20N4O4. The summed E-state index contributed by atoms with van der Waals surface area (Å²) in [5, 5.41) is 28.7. The number of amides is 1. The van der Waals surface area contributed by atoms with Gasteiger partial charge in [0.1, 0.15) is 0 Å². The predicted molar refractivity (Wildman–Crippen MR) is 102 cm³/mol. The molecule has 0 aliphatic heterocycles. The minimum atomic E-state index is -0.768. The maximum atomic E-state index is 12.4. The number of nitrogens with one attached hydrogen (secondary N) is 1. The van der Waals surface area contributed by atoms with Gasteiger partial charge >= 0.3 is 0 Å². The van der Waals surface area contributed by atoms with Crippen LogP contribution in [0.4, 0.5) is 11.4 Å². The molecule has 0 saturated heterocycles. The number of anilines is 1. The maximum Gasteiger partial charge on any atom is 0.270 e. The molecule has 3 aromatic rings. The van der Waals surface area contributed by atoms with E-state index in [2.05, 4.69) is 10.4 Å². The number of aryl methyl sites for hydroxylation is 1. The molecule has 27 heavy (non-hydrogen) atoms. The monoisotopic (exact) mass is 368 g/mol. The fraction of sp³-hybridized carbons (Fsp3) is 0.263. The molecule has 0 atom stereocenters. The highest BCUT2D eigenvalue weighted by Crippen LogP contribution is 2.20. The summed E-state index contributed by atoms with van der Waals surface area (Å²) in [6.45, 7) is 4.07. The van der Waals surface area contributed by atoms with Crippen molar-refractivity contribution >= 4 is 28.2 Å². The number of hydrogen-bond donors (Lipinski definition) is 2. The lowest BCUT2D eigenvalue weighted by Gasteiger charge is -2.16. The Hall–Kier alpha value is -3.26. The number of carbonyl (C=O) groups is 1. The van der Waals surface area contributed by atoms with Crippen molar-refractivity contribution in [1.29, 1.82) is 0 Å². The number of hydrogen-bond acceptors (Lipinski definition) is 5. The van der Waals surface area contributed by atoms with E-state index in [-0.39, 0.29) is 11.3 Å². The summed E-state index contributed by atoms with van der Waals surface area (Å²) < 4.78 is 1.76. The average molecular weight is 368 g/mol.